The third-order valence-electron chi connectivity index (χ3n) is 6.32. The summed E-state index contributed by atoms with van der Waals surface area (Å²) in [5.41, 5.74) is 1.25. The Hall–Kier alpha value is -3.95. The van der Waals surface area contributed by atoms with Crippen LogP contribution in [0.4, 0.5) is 4.39 Å². The van der Waals surface area contributed by atoms with Crippen LogP contribution in [0.25, 0.3) is 0 Å². The molecule has 0 radical (unpaired) electrons. The first kappa shape index (κ1) is 28.1. The van der Waals surface area contributed by atoms with E-state index < -0.39 is 42.2 Å². The maximum Gasteiger partial charge on any atom is 0.305 e. The van der Waals surface area contributed by atoms with E-state index in [0.29, 0.717) is 5.56 Å². The highest BCUT2D eigenvalue weighted by Gasteiger charge is 2.43. The van der Waals surface area contributed by atoms with Crippen LogP contribution in [0.5, 0.6) is 0 Å². The molecule has 0 spiro atoms. The molecule has 2 unspecified atom stereocenters. The molecule has 1 aliphatic heterocycles. The van der Waals surface area contributed by atoms with Crippen LogP contribution in [0.15, 0.2) is 72.8 Å². The van der Waals surface area contributed by atoms with Gasteiger partial charge < -0.3 is 20.2 Å². The number of hydrogen-bond acceptors (Lipinski definition) is 4. The normalized spacial score (nSPS) is 15.6. The number of carbonyl (C=O) groups excluding carboxylic acids is 3. The van der Waals surface area contributed by atoms with Crippen LogP contribution < -0.4 is 5.32 Å². The van der Waals surface area contributed by atoms with Crippen molar-refractivity contribution in [2.75, 3.05) is 13.1 Å². The summed E-state index contributed by atoms with van der Waals surface area (Å²) >= 11 is 12.1. The molecule has 3 aromatic carbocycles. The molecule has 0 aromatic heterocycles. The molecule has 202 valence electrons. The molecule has 11 heteroatoms. The van der Waals surface area contributed by atoms with Crippen LogP contribution in [0.3, 0.4) is 0 Å². The number of hydrogen-bond donors (Lipinski definition) is 2. The van der Waals surface area contributed by atoms with Gasteiger partial charge in [-0.15, -0.1) is 0 Å². The summed E-state index contributed by atoms with van der Waals surface area (Å²) < 4.78 is 13.5. The van der Waals surface area contributed by atoms with Crippen molar-refractivity contribution in [3.63, 3.8) is 0 Å². The first-order chi connectivity index (χ1) is 18.6. The van der Waals surface area contributed by atoms with Gasteiger partial charge in [0.25, 0.3) is 11.8 Å². The summed E-state index contributed by atoms with van der Waals surface area (Å²) in [6, 6.07) is 17.3. The highest BCUT2D eigenvalue weighted by atomic mass is 35.5. The lowest BCUT2D eigenvalue weighted by Crippen LogP contribution is -2.54. The Morgan fingerprint density at radius 2 is 1.59 bits per heavy atom. The monoisotopic (exact) mass is 571 g/mol. The molecule has 2 atom stereocenters. The van der Waals surface area contributed by atoms with Crippen LogP contribution in [-0.2, 0) is 20.8 Å². The predicted octanol–water partition coefficient (Wildman–Crippen LogP) is 4.32. The lowest BCUT2D eigenvalue weighted by molar-refractivity contribution is -0.142. The maximum absolute atomic E-state index is 13.7. The molecule has 1 heterocycles. The average molecular weight is 572 g/mol. The molecule has 3 amide bonds. The van der Waals surface area contributed by atoms with E-state index in [4.69, 9.17) is 23.2 Å². The first-order valence-corrected chi connectivity index (χ1v) is 12.8. The molecule has 1 aliphatic rings. The Balaban J connectivity index is 1.65. The van der Waals surface area contributed by atoms with E-state index in [1.165, 1.54) is 40.1 Å². The van der Waals surface area contributed by atoms with Crippen molar-refractivity contribution >= 4 is 46.9 Å². The third-order valence-corrected chi connectivity index (χ3v) is 7.06. The molecular weight excluding hydrogens is 548 g/mol. The Bertz CT molecular complexity index is 1390. The van der Waals surface area contributed by atoms with Crippen molar-refractivity contribution < 1.29 is 28.7 Å². The molecule has 0 bridgehead atoms. The first-order valence-electron chi connectivity index (χ1n) is 12.0. The standard InChI is InChI=1S/C28H24Cl2FN3O5/c29-21-11-8-19(15-22(21)30)28(39)34-13-12-33(24(35)14-17-4-2-1-3-5-17)27(34)26(38)32-23(16-25(36)37)18-6-9-20(31)10-7-18/h1-11,15,23,27H,12-14,16H2,(H,32,38)(H,36,37). The van der Waals surface area contributed by atoms with Crippen molar-refractivity contribution in [3.8, 4) is 0 Å². The number of nitrogens with one attached hydrogen (secondary N) is 1. The van der Waals surface area contributed by atoms with Gasteiger partial charge in [-0.2, -0.15) is 0 Å². The summed E-state index contributed by atoms with van der Waals surface area (Å²) in [5.74, 6) is -3.41. The zero-order valence-electron chi connectivity index (χ0n) is 20.5. The number of amides is 3. The largest absolute Gasteiger partial charge is 0.481 e. The van der Waals surface area contributed by atoms with Gasteiger partial charge >= 0.3 is 5.97 Å². The van der Waals surface area contributed by atoms with Crippen molar-refractivity contribution in [2.45, 2.75) is 25.0 Å². The van der Waals surface area contributed by atoms with Crippen LogP contribution in [0.2, 0.25) is 10.0 Å². The number of benzene rings is 3. The van der Waals surface area contributed by atoms with Crippen molar-refractivity contribution in [1.82, 2.24) is 15.1 Å². The van der Waals surface area contributed by atoms with Gasteiger partial charge in [-0.25, -0.2) is 4.39 Å². The minimum Gasteiger partial charge on any atom is -0.481 e. The predicted molar refractivity (Wildman–Crippen MR) is 143 cm³/mol. The second-order valence-corrected chi connectivity index (χ2v) is 9.78. The molecule has 0 aliphatic carbocycles. The van der Waals surface area contributed by atoms with Crippen LogP contribution in [0, 0.1) is 5.82 Å². The second kappa shape index (κ2) is 12.3. The molecule has 2 N–H and O–H groups in total. The quantitative estimate of drug-likeness (QED) is 0.419. The lowest BCUT2D eigenvalue weighted by atomic mass is 10.0. The highest BCUT2D eigenvalue weighted by molar-refractivity contribution is 6.42. The number of carbonyl (C=O) groups is 4. The van der Waals surface area contributed by atoms with Gasteiger partial charge in [-0.3, -0.25) is 19.2 Å². The zero-order valence-corrected chi connectivity index (χ0v) is 22.0. The summed E-state index contributed by atoms with van der Waals surface area (Å²) in [6.45, 7) is 0.134. The number of carboxylic acid groups (broad SMARTS) is 1. The van der Waals surface area contributed by atoms with Gasteiger partial charge in [0.15, 0.2) is 6.17 Å². The van der Waals surface area contributed by atoms with E-state index in [2.05, 4.69) is 5.32 Å². The number of halogens is 3. The number of aliphatic carboxylic acids is 1. The average Bonchev–Trinajstić information content (AvgIpc) is 3.36. The van der Waals surface area contributed by atoms with Gasteiger partial charge in [-0.05, 0) is 41.5 Å². The second-order valence-electron chi connectivity index (χ2n) is 8.96. The van der Waals surface area contributed by atoms with Gasteiger partial charge in [0, 0.05) is 18.7 Å². The van der Waals surface area contributed by atoms with E-state index >= 15 is 0 Å². The Morgan fingerprint density at radius 3 is 2.23 bits per heavy atom. The minimum absolute atomic E-state index is 0.00403. The number of carboxylic acids is 1. The van der Waals surface area contributed by atoms with E-state index in [1.807, 2.05) is 6.07 Å². The van der Waals surface area contributed by atoms with E-state index in [0.717, 1.165) is 17.7 Å². The fourth-order valence-corrected chi connectivity index (χ4v) is 4.72. The van der Waals surface area contributed by atoms with Gasteiger partial charge in [0.1, 0.15) is 5.82 Å². The molecule has 39 heavy (non-hydrogen) atoms. The summed E-state index contributed by atoms with van der Waals surface area (Å²) in [4.78, 5) is 54.6. The molecule has 1 saturated heterocycles. The Morgan fingerprint density at radius 1 is 0.923 bits per heavy atom. The topological polar surface area (TPSA) is 107 Å². The zero-order chi connectivity index (χ0) is 28.1. The van der Waals surface area contributed by atoms with E-state index in [-0.39, 0.29) is 41.0 Å². The van der Waals surface area contributed by atoms with Crippen LogP contribution in [0.1, 0.15) is 33.9 Å². The number of rotatable bonds is 8. The molecule has 4 rings (SSSR count). The summed E-state index contributed by atoms with van der Waals surface area (Å²) in [5, 5.41) is 12.5. The molecule has 0 saturated carbocycles. The van der Waals surface area contributed by atoms with Crippen molar-refractivity contribution in [3.05, 3.63) is 105 Å². The third kappa shape index (κ3) is 6.74. The van der Waals surface area contributed by atoms with Crippen molar-refractivity contribution in [2.24, 2.45) is 0 Å². The fourth-order valence-electron chi connectivity index (χ4n) is 4.42. The molecule has 1 fully saturated rings. The SMILES string of the molecule is O=C(O)CC(NC(=O)C1N(C(=O)Cc2ccccc2)CCN1C(=O)c1ccc(Cl)c(Cl)c1)c1ccc(F)cc1. The maximum atomic E-state index is 13.7. The fraction of sp³-hybridized carbons (Fsp3) is 0.214. The minimum atomic E-state index is -1.36. The summed E-state index contributed by atoms with van der Waals surface area (Å²) in [6.07, 6.45) is -1.86. The molecular formula is C28H24Cl2FN3O5. The summed E-state index contributed by atoms with van der Waals surface area (Å²) in [7, 11) is 0. The van der Waals surface area contributed by atoms with E-state index in [9.17, 15) is 28.7 Å². The van der Waals surface area contributed by atoms with Crippen LogP contribution >= 0.6 is 23.2 Å². The van der Waals surface area contributed by atoms with Gasteiger partial charge in [0.2, 0.25) is 5.91 Å². The highest BCUT2D eigenvalue weighted by Crippen LogP contribution is 2.27. The van der Waals surface area contributed by atoms with E-state index in [1.54, 1.807) is 24.3 Å². The smallest absolute Gasteiger partial charge is 0.305 e. The van der Waals surface area contributed by atoms with Gasteiger partial charge in [-0.1, -0.05) is 65.7 Å². The molecule has 8 nitrogen and oxygen atoms in total. The van der Waals surface area contributed by atoms with Crippen molar-refractivity contribution in [1.29, 1.82) is 0 Å². The van der Waals surface area contributed by atoms with Gasteiger partial charge in [0.05, 0.1) is 28.9 Å². The Kier molecular flexibility index (Phi) is 8.83. The lowest BCUT2D eigenvalue weighted by Gasteiger charge is -2.31. The number of nitrogens with zero attached hydrogens (tertiary/aromatic N) is 2. The Labute approximate surface area is 233 Å². The molecule has 3 aromatic rings. The van der Waals surface area contributed by atoms with Crippen LogP contribution in [-0.4, -0.2) is 57.9 Å².